The zero-order chi connectivity index (χ0) is 13.7. The van der Waals surface area contributed by atoms with Crippen molar-refractivity contribution in [3.8, 4) is 11.5 Å². The second-order valence-electron chi connectivity index (χ2n) is 4.46. The lowest BCUT2D eigenvalue weighted by atomic mass is 10.2. The maximum absolute atomic E-state index is 13.6. The Kier molecular flexibility index (Phi) is 4.53. The molecule has 19 heavy (non-hydrogen) atoms. The molecule has 2 aromatic carbocycles. The van der Waals surface area contributed by atoms with Crippen LogP contribution in [0.5, 0.6) is 11.5 Å². The standard InChI is InChI=1S/C16H18FNO/c1-3-18-11-13-5-4-6-14(10-13)19-16-9-12(2)7-8-15(16)17/h4-10,18H,3,11H2,1-2H3. The number of hydrogen-bond acceptors (Lipinski definition) is 2. The molecule has 0 atom stereocenters. The first-order chi connectivity index (χ1) is 9.19. The van der Waals surface area contributed by atoms with Gasteiger partial charge in [-0.15, -0.1) is 0 Å². The molecule has 0 saturated carbocycles. The van der Waals surface area contributed by atoms with E-state index >= 15 is 0 Å². The minimum absolute atomic E-state index is 0.264. The van der Waals surface area contributed by atoms with Crippen molar-refractivity contribution >= 4 is 0 Å². The SMILES string of the molecule is CCNCc1cccc(Oc2cc(C)ccc2F)c1. The van der Waals surface area contributed by atoms with Crippen LogP contribution in [0.2, 0.25) is 0 Å². The third-order valence-electron chi connectivity index (χ3n) is 2.79. The Balaban J connectivity index is 2.16. The number of nitrogens with one attached hydrogen (secondary N) is 1. The molecule has 0 fully saturated rings. The highest BCUT2D eigenvalue weighted by Crippen LogP contribution is 2.25. The summed E-state index contributed by atoms with van der Waals surface area (Å²) in [6.07, 6.45) is 0. The van der Waals surface area contributed by atoms with Crippen molar-refractivity contribution < 1.29 is 9.13 Å². The molecule has 0 aromatic heterocycles. The summed E-state index contributed by atoms with van der Waals surface area (Å²) in [6, 6.07) is 12.5. The smallest absolute Gasteiger partial charge is 0.165 e. The highest BCUT2D eigenvalue weighted by Gasteiger charge is 2.05. The molecule has 0 aliphatic rings. The summed E-state index contributed by atoms with van der Waals surface area (Å²) >= 11 is 0. The second kappa shape index (κ2) is 6.34. The van der Waals surface area contributed by atoms with Gasteiger partial charge in [0.1, 0.15) is 5.75 Å². The molecular weight excluding hydrogens is 241 g/mol. The van der Waals surface area contributed by atoms with Crippen LogP contribution in [0.25, 0.3) is 0 Å². The van der Waals surface area contributed by atoms with Crippen LogP contribution in [0.4, 0.5) is 4.39 Å². The molecule has 0 aliphatic carbocycles. The maximum Gasteiger partial charge on any atom is 0.165 e. The van der Waals surface area contributed by atoms with E-state index in [1.807, 2.05) is 31.2 Å². The van der Waals surface area contributed by atoms with Gasteiger partial charge in [0, 0.05) is 6.54 Å². The minimum Gasteiger partial charge on any atom is -0.454 e. The minimum atomic E-state index is -0.345. The van der Waals surface area contributed by atoms with Gasteiger partial charge in [-0.05, 0) is 48.9 Å². The lowest BCUT2D eigenvalue weighted by Gasteiger charge is -2.09. The lowest BCUT2D eigenvalue weighted by Crippen LogP contribution is -2.11. The molecule has 2 aromatic rings. The Bertz CT molecular complexity index is 554. The predicted octanol–water partition coefficient (Wildman–Crippen LogP) is 4.04. The van der Waals surface area contributed by atoms with Crippen molar-refractivity contribution in [2.45, 2.75) is 20.4 Å². The van der Waals surface area contributed by atoms with Gasteiger partial charge in [0.05, 0.1) is 0 Å². The van der Waals surface area contributed by atoms with E-state index in [1.165, 1.54) is 6.07 Å². The highest BCUT2D eigenvalue weighted by atomic mass is 19.1. The van der Waals surface area contributed by atoms with E-state index in [0.717, 1.165) is 24.2 Å². The fourth-order valence-corrected chi connectivity index (χ4v) is 1.80. The Morgan fingerprint density at radius 3 is 2.79 bits per heavy atom. The zero-order valence-corrected chi connectivity index (χ0v) is 11.2. The molecule has 1 N–H and O–H groups in total. The largest absolute Gasteiger partial charge is 0.454 e. The van der Waals surface area contributed by atoms with Crippen molar-refractivity contribution in [3.63, 3.8) is 0 Å². The van der Waals surface area contributed by atoms with Crippen LogP contribution in [0.3, 0.4) is 0 Å². The van der Waals surface area contributed by atoms with Crippen LogP contribution in [-0.2, 0) is 6.54 Å². The first kappa shape index (κ1) is 13.6. The van der Waals surface area contributed by atoms with Gasteiger partial charge < -0.3 is 10.1 Å². The number of ether oxygens (including phenoxy) is 1. The van der Waals surface area contributed by atoms with Crippen molar-refractivity contribution in [2.24, 2.45) is 0 Å². The average molecular weight is 259 g/mol. The summed E-state index contributed by atoms with van der Waals surface area (Å²) in [5, 5.41) is 3.25. The van der Waals surface area contributed by atoms with Gasteiger partial charge in [0.25, 0.3) is 0 Å². The van der Waals surface area contributed by atoms with E-state index in [2.05, 4.69) is 12.2 Å². The third-order valence-corrected chi connectivity index (χ3v) is 2.79. The molecule has 2 nitrogen and oxygen atoms in total. The molecule has 0 spiro atoms. The maximum atomic E-state index is 13.6. The van der Waals surface area contributed by atoms with Crippen molar-refractivity contribution in [3.05, 3.63) is 59.4 Å². The van der Waals surface area contributed by atoms with E-state index < -0.39 is 0 Å². The summed E-state index contributed by atoms with van der Waals surface area (Å²) in [5.74, 6) is 0.572. The molecule has 0 amide bonds. The topological polar surface area (TPSA) is 21.3 Å². The number of aryl methyl sites for hydroxylation is 1. The first-order valence-corrected chi connectivity index (χ1v) is 6.42. The van der Waals surface area contributed by atoms with Crippen LogP contribution >= 0.6 is 0 Å². The highest BCUT2D eigenvalue weighted by molar-refractivity contribution is 5.36. The van der Waals surface area contributed by atoms with Gasteiger partial charge in [-0.3, -0.25) is 0 Å². The molecule has 100 valence electrons. The fourth-order valence-electron chi connectivity index (χ4n) is 1.80. The summed E-state index contributed by atoms with van der Waals surface area (Å²) < 4.78 is 19.2. The van der Waals surface area contributed by atoms with Gasteiger partial charge >= 0.3 is 0 Å². The van der Waals surface area contributed by atoms with Crippen molar-refractivity contribution in [2.75, 3.05) is 6.54 Å². The van der Waals surface area contributed by atoms with E-state index in [1.54, 1.807) is 12.1 Å². The van der Waals surface area contributed by atoms with Crippen LogP contribution < -0.4 is 10.1 Å². The number of hydrogen-bond donors (Lipinski definition) is 1. The Hall–Kier alpha value is -1.87. The van der Waals surface area contributed by atoms with Crippen molar-refractivity contribution in [1.82, 2.24) is 5.32 Å². The number of rotatable bonds is 5. The predicted molar refractivity (Wildman–Crippen MR) is 75.0 cm³/mol. The Labute approximate surface area is 113 Å². The molecule has 0 bridgehead atoms. The van der Waals surface area contributed by atoms with Gasteiger partial charge in [-0.1, -0.05) is 25.1 Å². The fraction of sp³-hybridized carbons (Fsp3) is 0.250. The van der Waals surface area contributed by atoms with E-state index in [0.29, 0.717) is 5.75 Å². The van der Waals surface area contributed by atoms with Gasteiger partial charge in [0.2, 0.25) is 0 Å². The number of benzene rings is 2. The third kappa shape index (κ3) is 3.80. The Morgan fingerprint density at radius 2 is 2.00 bits per heavy atom. The molecular formula is C16H18FNO. The normalized spacial score (nSPS) is 10.5. The summed E-state index contributed by atoms with van der Waals surface area (Å²) in [5.41, 5.74) is 2.09. The zero-order valence-electron chi connectivity index (χ0n) is 11.2. The van der Waals surface area contributed by atoms with E-state index in [9.17, 15) is 4.39 Å². The van der Waals surface area contributed by atoms with E-state index in [-0.39, 0.29) is 11.6 Å². The Morgan fingerprint density at radius 1 is 1.16 bits per heavy atom. The van der Waals surface area contributed by atoms with Crippen LogP contribution in [0.1, 0.15) is 18.1 Å². The van der Waals surface area contributed by atoms with Crippen LogP contribution in [0, 0.1) is 12.7 Å². The van der Waals surface area contributed by atoms with Gasteiger partial charge in [-0.25, -0.2) is 4.39 Å². The molecule has 0 radical (unpaired) electrons. The van der Waals surface area contributed by atoms with Gasteiger partial charge in [-0.2, -0.15) is 0 Å². The lowest BCUT2D eigenvalue weighted by molar-refractivity contribution is 0.441. The summed E-state index contributed by atoms with van der Waals surface area (Å²) in [6.45, 7) is 5.66. The quantitative estimate of drug-likeness (QED) is 0.875. The van der Waals surface area contributed by atoms with Crippen LogP contribution in [0.15, 0.2) is 42.5 Å². The van der Waals surface area contributed by atoms with Crippen molar-refractivity contribution in [1.29, 1.82) is 0 Å². The van der Waals surface area contributed by atoms with Gasteiger partial charge in [0.15, 0.2) is 11.6 Å². The molecule has 0 heterocycles. The van der Waals surface area contributed by atoms with E-state index in [4.69, 9.17) is 4.74 Å². The monoisotopic (exact) mass is 259 g/mol. The molecule has 0 unspecified atom stereocenters. The summed E-state index contributed by atoms with van der Waals surface area (Å²) in [7, 11) is 0. The number of halogens is 1. The molecule has 3 heteroatoms. The molecule has 0 saturated heterocycles. The second-order valence-corrected chi connectivity index (χ2v) is 4.46. The summed E-state index contributed by atoms with van der Waals surface area (Å²) in [4.78, 5) is 0. The first-order valence-electron chi connectivity index (χ1n) is 6.42. The molecule has 0 aliphatic heterocycles. The molecule has 2 rings (SSSR count). The average Bonchev–Trinajstić information content (AvgIpc) is 2.41. The van der Waals surface area contributed by atoms with Crippen LogP contribution in [-0.4, -0.2) is 6.54 Å².